The molecule has 2 atom stereocenters. The molecule has 1 aromatic heterocycles. The highest BCUT2D eigenvalue weighted by atomic mass is 16.5. The summed E-state index contributed by atoms with van der Waals surface area (Å²) in [6.07, 6.45) is 2.42. The summed E-state index contributed by atoms with van der Waals surface area (Å²) in [5, 5.41) is 11.4. The van der Waals surface area contributed by atoms with Crippen LogP contribution in [0.15, 0.2) is 39.5 Å². The number of aryl methyl sites for hydroxylation is 1. The van der Waals surface area contributed by atoms with Crippen molar-refractivity contribution in [1.82, 2.24) is 0 Å². The van der Waals surface area contributed by atoms with Gasteiger partial charge in [0.1, 0.15) is 12.3 Å². The Kier molecular flexibility index (Phi) is 5.92. The number of aromatic hydroxyl groups is 1. The summed E-state index contributed by atoms with van der Waals surface area (Å²) in [5.74, 6) is 1.99. The Bertz CT molecular complexity index is 1170. The van der Waals surface area contributed by atoms with Crippen LogP contribution >= 0.6 is 0 Å². The van der Waals surface area contributed by atoms with Gasteiger partial charge >= 0.3 is 5.63 Å². The molecule has 0 aliphatic carbocycles. The predicted molar refractivity (Wildman–Crippen MR) is 120 cm³/mol. The van der Waals surface area contributed by atoms with Gasteiger partial charge in [-0.3, -0.25) is 0 Å². The number of piperidine rings is 1. The third-order valence-corrected chi connectivity index (χ3v) is 6.38. The molecule has 0 bridgehead atoms. The van der Waals surface area contributed by atoms with Crippen LogP contribution in [0, 0.1) is 12.8 Å². The zero-order valence-electron chi connectivity index (χ0n) is 18.6. The maximum Gasteiger partial charge on any atom is 0.344 e. The summed E-state index contributed by atoms with van der Waals surface area (Å²) in [5.41, 5.74) is 2.78. The van der Waals surface area contributed by atoms with Crippen LogP contribution in [-0.2, 0) is 6.54 Å². The summed E-state index contributed by atoms with van der Waals surface area (Å²) in [6, 6.07) is 8.92. The molecule has 164 valence electrons. The fraction of sp³-hybridized carbons (Fsp3) is 0.400. The quantitative estimate of drug-likeness (QED) is 0.615. The Labute approximate surface area is 182 Å². The summed E-state index contributed by atoms with van der Waals surface area (Å²) < 4.78 is 16.5. The molecule has 2 heterocycles. The Morgan fingerprint density at radius 1 is 1.16 bits per heavy atom. The van der Waals surface area contributed by atoms with Gasteiger partial charge in [0, 0.05) is 11.3 Å². The van der Waals surface area contributed by atoms with E-state index in [2.05, 4.69) is 6.92 Å². The first-order chi connectivity index (χ1) is 14.9. The summed E-state index contributed by atoms with van der Waals surface area (Å²) >= 11 is 0. The number of nitrogens with one attached hydrogen (secondary N) is 1. The van der Waals surface area contributed by atoms with E-state index in [4.69, 9.17) is 13.9 Å². The van der Waals surface area contributed by atoms with Crippen LogP contribution in [0.4, 0.5) is 0 Å². The lowest BCUT2D eigenvalue weighted by molar-refractivity contribution is -0.922. The van der Waals surface area contributed by atoms with E-state index in [1.54, 1.807) is 32.4 Å². The lowest BCUT2D eigenvalue weighted by Crippen LogP contribution is -3.12. The molecule has 1 aliphatic heterocycles. The van der Waals surface area contributed by atoms with Crippen molar-refractivity contribution < 1.29 is 23.9 Å². The van der Waals surface area contributed by atoms with Crippen molar-refractivity contribution in [3.63, 3.8) is 0 Å². The number of hydrogen-bond donors (Lipinski definition) is 2. The highest BCUT2D eigenvalue weighted by Crippen LogP contribution is 2.35. The molecule has 31 heavy (non-hydrogen) atoms. The molecule has 1 saturated heterocycles. The van der Waals surface area contributed by atoms with Crippen LogP contribution in [0.3, 0.4) is 0 Å². The van der Waals surface area contributed by atoms with Gasteiger partial charge in [0.2, 0.25) is 0 Å². The second-order valence-corrected chi connectivity index (χ2v) is 8.53. The minimum Gasteiger partial charge on any atom is -0.507 e. The first-order valence-corrected chi connectivity index (χ1v) is 10.8. The average molecular weight is 425 g/mol. The van der Waals surface area contributed by atoms with Crippen molar-refractivity contribution in [2.24, 2.45) is 5.92 Å². The first kappa shape index (κ1) is 21.2. The van der Waals surface area contributed by atoms with E-state index in [0.29, 0.717) is 46.2 Å². The molecule has 1 unspecified atom stereocenters. The molecule has 0 spiro atoms. The first-order valence-electron chi connectivity index (χ1n) is 10.8. The molecule has 6 heteroatoms. The van der Waals surface area contributed by atoms with Crippen LogP contribution in [0.5, 0.6) is 17.2 Å². The van der Waals surface area contributed by atoms with Gasteiger partial charge in [-0.1, -0.05) is 13.0 Å². The summed E-state index contributed by atoms with van der Waals surface area (Å²) in [6.45, 7) is 6.95. The van der Waals surface area contributed by atoms with Gasteiger partial charge < -0.3 is 23.9 Å². The molecular formula is C25H30NO5+. The maximum absolute atomic E-state index is 13.1. The number of quaternary nitrogens is 1. The van der Waals surface area contributed by atoms with Gasteiger partial charge in [-0.2, -0.15) is 0 Å². The molecular weight excluding hydrogens is 394 g/mol. The van der Waals surface area contributed by atoms with Gasteiger partial charge in [-0.25, -0.2) is 4.79 Å². The van der Waals surface area contributed by atoms with Crippen molar-refractivity contribution in [1.29, 1.82) is 0 Å². The van der Waals surface area contributed by atoms with E-state index in [-0.39, 0.29) is 5.75 Å². The number of fused-ring (bicyclic) bond motifs is 1. The zero-order chi connectivity index (χ0) is 22.1. The number of likely N-dealkylation sites (tertiary alicyclic amines) is 1. The van der Waals surface area contributed by atoms with E-state index in [9.17, 15) is 9.90 Å². The Balaban J connectivity index is 1.83. The molecule has 0 radical (unpaired) electrons. The van der Waals surface area contributed by atoms with Crippen LogP contribution < -0.4 is 20.0 Å². The normalized spacial score (nSPS) is 18.8. The Morgan fingerprint density at radius 2 is 1.94 bits per heavy atom. The van der Waals surface area contributed by atoms with Crippen LogP contribution in [-0.4, -0.2) is 32.4 Å². The highest BCUT2D eigenvalue weighted by Gasteiger charge is 2.24. The average Bonchev–Trinajstić information content (AvgIpc) is 2.75. The number of methoxy groups -OCH3 is 2. The molecule has 3 aromatic rings. The number of ether oxygens (including phenoxy) is 2. The highest BCUT2D eigenvalue weighted by molar-refractivity contribution is 5.90. The monoisotopic (exact) mass is 424 g/mol. The van der Waals surface area contributed by atoms with Crippen LogP contribution in [0.25, 0.3) is 22.1 Å². The number of hydrogen-bond acceptors (Lipinski definition) is 5. The van der Waals surface area contributed by atoms with E-state index in [0.717, 1.165) is 24.0 Å². The maximum atomic E-state index is 13.1. The summed E-state index contributed by atoms with van der Waals surface area (Å²) in [4.78, 5) is 14.5. The van der Waals surface area contributed by atoms with Gasteiger partial charge in [0.25, 0.3) is 0 Å². The van der Waals surface area contributed by atoms with Gasteiger partial charge in [-0.05, 0) is 55.2 Å². The molecule has 4 rings (SSSR count). The third kappa shape index (κ3) is 4.00. The van der Waals surface area contributed by atoms with Gasteiger partial charge in [0.15, 0.2) is 17.1 Å². The zero-order valence-corrected chi connectivity index (χ0v) is 18.6. The molecule has 0 saturated carbocycles. The van der Waals surface area contributed by atoms with E-state index in [1.165, 1.54) is 17.7 Å². The second kappa shape index (κ2) is 8.63. The van der Waals surface area contributed by atoms with E-state index >= 15 is 0 Å². The van der Waals surface area contributed by atoms with Crippen molar-refractivity contribution in [3.05, 3.63) is 51.9 Å². The Morgan fingerprint density at radius 3 is 2.65 bits per heavy atom. The van der Waals surface area contributed by atoms with Gasteiger partial charge in [-0.15, -0.1) is 0 Å². The molecule has 1 aliphatic rings. The fourth-order valence-corrected chi connectivity index (χ4v) is 4.77. The predicted octanol–water partition coefficient (Wildman–Crippen LogP) is 3.31. The standard InChI is InChI=1S/C25H29NO5/c1-15-6-5-11-26(13-15)14-19-20(27)9-8-18-16(2)23(25(28)31-24(18)19)17-7-10-21(29-3)22(12-17)30-4/h7-10,12,15,27H,5-6,11,13-14H2,1-4H3/p+1/t15-/m0/s1. The van der Waals surface area contributed by atoms with E-state index < -0.39 is 5.63 Å². The molecule has 2 N–H and O–H groups in total. The lowest BCUT2D eigenvalue weighted by atomic mass is 9.96. The smallest absolute Gasteiger partial charge is 0.344 e. The Hall–Kier alpha value is -2.99. The van der Waals surface area contributed by atoms with Crippen LogP contribution in [0.1, 0.15) is 30.9 Å². The number of phenolic OH excluding ortho intramolecular Hbond substituents is 1. The molecule has 6 nitrogen and oxygen atoms in total. The van der Waals surface area contributed by atoms with Crippen molar-refractivity contribution >= 4 is 11.0 Å². The minimum absolute atomic E-state index is 0.180. The summed E-state index contributed by atoms with van der Waals surface area (Å²) in [7, 11) is 3.14. The topological polar surface area (TPSA) is 73.3 Å². The second-order valence-electron chi connectivity index (χ2n) is 8.53. The third-order valence-electron chi connectivity index (χ3n) is 6.38. The lowest BCUT2D eigenvalue weighted by Gasteiger charge is -2.28. The molecule has 1 fully saturated rings. The SMILES string of the molecule is COc1ccc(-c2c(C)c3ccc(O)c(C[NH+]4CCC[C@H](C)C4)c3oc2=O)cc1OC. The van der Waals surface area contributed by atoms with Crippen molar-refractivity contribution in [2.45, 2.75) is 33.2 Å². The van der Waals surface area contributed by atoms with Crippen molar-refractivity contribution in [2.75, 3.05) is 27.3 Å². The fourth-order valence-electron chi connectivity index (χ4n) is 4.77. The number of rotatable bonds is 5. The molecule has 2 aromatic carbocycles. The van der Waals surface area contributed by atoms with Crippen LogP contribution in [0.2, 0.25) is 0 Å². The largest absolute Gasteiger partial charge is 0.507 e. The van der Waals surface area contributed by atoms with E-state index in [1.807, 2.05) is 19.1 Å². The van der Waals surface area contributed by atoms with Gasteiger partial charge in [0.05, 0.1) is 38.4 Å². The molecule has 0 amide bonds. The van der Waals surface area contributed by atoms with Crippen molar-refractivity contribution in [3.8, 4) is 28.4 Å². The minimum atomic E-state index is -0.425. The number of phenols is 1. The number of benzene rings is 2.